The maximum Gasteiger partial charge on any atom is 0.407 e. The van der Waals surface area contributed by atoms with Crippen LogP contribution in [0.15, 0.2) is 0 Å². The number of nitrogens with one attached hydrogen (secondary N) is 2. The molecule has 4 N–H and O–H groups in total. The number of piperidine rings is 1. The minimum atomic E-state index is -0.487. The number of carbonyl (C=O) groups excluding carboxylic acids is 2. The highest BCUT2D eigenvalue weighted by molar-refractivity contribution is 5.72. The number of nitrogens with zero attached hydrogens (tertiary/aromatic N) is 1. The molecule has 0 spiro atoms. The molecule has 7 heteroatoms. The Morgan fingerprint density at radius 1 is 1.33 bits per heavy atom. The fourth-order valence-electron chi connectivity index (χ4n) is 2.21. The Kier molecular flexibility index (Phi) is 6.26. The minimum Gasteiger partial charge on any atom is -0.444 e. The first-order chi connectivity index (χ1) is 9.67. The number of primary amides is 1. The number of rotatable bonds is 4. The lowest BCUT2D eigenvalue weighted by molar-refractivity contribution is 0.0506. The van der Waals surface area contributed by atoms with E-state index in [9.17, 15) is 9.59 Å². The first kappa shape index (κ1) is 17.6. The molecule has 1 unspecified atom stereocenters. The number of carbonyl (C=O) groups is 2. The molecule has 1 rings (SSSR count). The zero-order valence-electron chi connectivity index (χ0n) is 13.4. The Morgan fingerprint density at radius 2 is 1.90 bits per heavy atom. The second-order valence-corrected chi connectivity index (χ2v) is 6.56. The van der Waals surface area contributed by atoms with Gasteiger partial charge in [-0.1, -0.05) is 0 Å². The van der Waals surface area contributed by atoms with Crippen molar-refractivity contribution in [2.45, 2.75) is 58.2 Å². The molecule has 122 valence electrons. The molecule has 1 saturated heterocycles. The van der Waals surface area contributed by atoms with Gasteiger partial charge in [-0.2, -0.15) is 0 Å². The van der Waals surface area contributed by atoms with Gasteiger partial charge >= 0.3 is 12.1 Å². The molecule has 1 atom stereocenters. The highest BCUT2D eigenvalue weighted by Crippen LogP contribution is 2.10. The van der Waals surface area contributed by atoms with Gasteiger partial charge in [-0.3, -0.25) is 0 Å². The first-order valence-electron chi connectivity index (χ1n) is 7.44. The van der Waals surface area contributed by atoms with E-state index in [0.29, 0.717) is 25.7 Å². The van der Waals surface area contributed by atoms with Gasteiger partial charge in [-0.25, -0.2) is 9.59 Å². The number of alkyl carbamates (subject to hydrolysis) is 1. The largest absolute Gasteiger partial charge is 0.444 e. The highest BCUT2D eigenvalue weighted by Gasteiger charge is 2.22. The summed E-state index contributed by atoms with van der Waals surface area (Å²) in [7, 11) is 0. The van der Waals surface area contributed by atoms with Crippen molar-refractivity contribution in [3.05, 3.63) is 0 Å². The van der Waals surface area contributed by atoms with E-state index in [1.54, 1.807) is 4.90 Å². The van der Waals surface area contributed by atoms with Crippen LogP contribution in [0.5, 0.6) is 0 Å². The molecule has 0 aromatic heterocycles. The molecule has 0 saturated carbocycles. The zero-order chi connectivity index (χ0) is 16.0. The van der Waals surface area contributed by atoms with E-state index in [1.165, 1.54) is 0 Å². The SMILES string of the molecule is CC(CNC1CCN(C(N)=O)CC1)NC(=O)OC(C)(C)C. The summed E-state index contributed by atoms with van der Waals surface area (Å²) in [5.74, 6) is 0. The molecule has 21 heavy (non-hydrogen) atoms. The standard InChI is InChI=1S/C14H28N4O3/c1-10(17-13(20)21-14(2,3)4)9-16-11-5-7-18(8-6-11)12(15)19/h10-11,16H,5-9H2,1-4H3,(H2,15,19)(H,17,20). The Balaban J connectivity index is 2.20. The maximum absolute atomic E-state index is 11.6. The number of ether oxygens (including phenoxy) is 1. The molecule has 1 heterocycles. The van der Waals surface area contributed by atoms with Crippen molar-refractivity contribution >= 4 is 12.1 Å². The number of hydrogen-bond donors (Lipinski definition) is 3. The van der Waals surface area contributed by atoms with Gasteiger partial charge in [0.15, 0.2) is 0 Å². The second-order valence-electron chi connectivity index (χ2n) is 6.56. The van der Waals surface area contributed by atoms with Crippen LogP contribution in [0.2, 0.25) is 0 Å². The fourth-order valence-corrected chi connectivity index (χ4v) is 2.21. The Bertz CT molecular complexity index is 360. The highest BCUT2D eigenvalue weighted by atomic mass is 16.6. The lowest BCUT2D eigenvalue weighted by atomic mass is 10.1. The summed E-state index contributed by atoms with van der Waals surface area (Å²) in [5, 5.41) is 6.19. The van der Waals surface area contributed by atoms with Gasteiger partial charge in [0, 0.05) is 31.7 Å². The summed E-state index contributed by atoms with van der Waals surface area (Å²) in [5.41, 5.74) is 4.76. The van der Waals surface area contributed by atoms with E-state index < -0.39 is 11.7 Å². The predicted octanol–water partition coefficient (Wildman–Crippen LogP) is 1.03. The zero-order valence-corrected chi connectivity index (χ0v) is 13.4. The predicted molar refractivity (Wildman–Crippen MR) is 81.0 cm³/mol. The smallest absolute Gasteiger partial charge is 0.407 e. The van der Waals surface area contributed by atoms with Gasteiger partial charge in [0.1, 0.15) is 5.60 Å². The van der Waals surface area contributed by atoms with Gasteiger partial charge < -0.3 is 26.0 Å². The Morgan fingerprint density at radius 3 is 2.38 bits per heavy atom. The molecule has 3 amide bonds. The first-order valence-corrected chi connectivity index (χ1v) is 7.44. The van der Waals surface area contributed by atoms with E-state index in [0.717, 1.165) is 12.8 Å². The number of likely N-dealkylation sites (tertiary alicyclic amines) is 1. The molecule has 1 aliphatic rings. The van der Waals surface area contributed by atoms with Crippen LogP contribution >= 0.6 is 0 Å². The van der Waals surface area contributed by atoms with Crippen molar-refractivity contribution in [3.8, 4) is 0 Å². The van der Waals surface area contributed by atoms with Crippen LogP contribution in [0.1, 0.15) is 40.5 Å². The molecule has 0 radical (unpaired) electrons. The summed E-state index contributed by atoms with van der Waals surface area (Å²) in [6.45, 7) is 9.46. The third-order valence-electron chi connectivity index (χ3n) is 3.28. The van der Waals surface area contributed by atoms with Gasteiger partial charge in [-0.15, -0.1) is 0 Å². The molecule has 1 aliphatic heterocycles. The monoisotopic (exact) mass is 300 g/mol. The third kappa shape index (κ3) is 7.17. The van der Waals surface area contributed by atoms with Gasteiger partial charge in [-0.05, 0) is 40.5 Å². The quantitative estimate of drug-likeness (QED) is 0.722. The summed E-state index contributed by atoms with van der Waals surface area (Å²) in [6, 6.07) is -0.0223. The topological polar surface area (TPSA) is 96.7 Å². The average molecular weight is 300 g/mol. The van der Waals surface area contributed by atoms with E-state index >= 15 is 0 Å². The van der Waals surface area contributed by atoms with Crippen molar-refractivity contribution in [2.24, 2.45) is 5.73 Å². The minimum absolute atomic E-state index is 0.0194. The molecule has 0 aromatic carbocycles. The molecular weight excluding hydrogens is 272 g/mol. The van der Waals surface area contributed by atoms with Crippen LogP contribution in [0.3, 0.4) is 0 Å². The van der Waals surface area contributed by atoms with Crippen molar-refractivity contribution < 1.29 is 14.3 Å². The normalized spacial score (nSPS) is 18.2. The molecule has 7 nitrogen and oxygen atoms in total. The number of hydrogen-bond acceptors (Lipinski definition) is 4. The summed E-state index contributed by atoms with van der Waals surface area (Å²) >= 11 is 0. The average Bonchev–Trinajstić information content (AvgIpc) is 2.34. The van der Waals surface area contributed by atoms with Crippen molar-refractivity contribution in [1.29, 1.82) is 0 Å². The van der Waals surface area contributed by atoms with Gasteiger partial charge in [0.25, 0.3) is 0 Å². The van der Waals surface area contributed by atoms with Gasteiger partial charge in [0.05, 0.1) is 0 Å². The Hall–Kier alpha value is -1.50. The van der Waals surface area contributed by atoms with Crippen molar-refractivity contribution in [2.75, 3.05) is 19.6 Å². The maximum atomic E-state index is 11.6. The number of nitrogens with two attached hydrogens (primary N) is 1. The summed E-state index contributed by atoms with van der Waals surface area (Å²) in [6.07, 6.45) is 1.35. The number of amides is 3. The van der Waals surface area contributed by atoms with Crippen LogP contribution in [0, 0.1) is 0 Å². The third-order valence-corrected chi connectivity index (χ3v) is 3.28. The molecule has 0 aliphatic carbocycles. The lowest BCUT2D eigenvalue weighted by Crippen LogP contribution is -2.50. The van der Waals surface area contributed by atoms with Crippen molar-refractivity contribution in [1.82, 2.24) is 15.5 Å². The fraction of sp³-hybridized carbons (Fsp3) is 0.857. The van der Waals surface area contributed by atoms with Crippen LogP contribution in [0.4, 0.5) is 9.59 Å². The van der Waals surface area contributed by atoms with E-state index in [-0.39, 0.29) is 12.1 Å². The Labute approximate surface area is 126 Å². The van der Waals surface area contributed by atoms with E-state index in [4.69, 9.17) is 10.5 Å². The lowest BCUT2D eigenvalue weighted by Gasteiger charge is -2.32. The summed E-state index contributed by atoms with van der Waals surface area (Å²) < 4.78 is 5.20. The van der Waals surface area contributed by atoms with Crippen molar-refractivity contribution in [3.63, 3.8) is 0 Å². The molecule has 0 bridgehead atoms. The van der Waals surface area contributed by atoms with Crippen LogP contribution in [0.25, 0.3) is 0 Å². The van der Waals surface area contributed by atoms with Gasteiger partial charge in [0.2, 0.25) is 0 Å². The van der Waals surface area contributed by atoms with Crippen LogP contribution < -0.4 is 16.4 Å². The molecule has 0 aromatic rings. The van der Waals surface area contributed by atoms with Crippen LogP contribution in [-0.2, 0) is 4.74 Å². The molecular formula is C14H28N4O3. The van der Waals surface area contributed by atoms with E-state index in [1.807, 2.05) is 27.7 Å². The van der Waals surface area contributed by atoms with E-state index in [2.05, 4.69) is 10.6 Å². The number of urea groups is 1. The summed E-state index contributed by atoms with van der Waals surface area (Å²) in [4.78, 5) is 24.3. The molecule has 1 fully saturated rings. The second kappa shape index (κ2) is 7.49. The van der Waals surface area contributed by atoms with Crippen LogP contribution in [-0.4, -0.2) is 54.3 Å².